The lowest BCUT2D eigenvalue weighted by Gasteiger charge is -2.26. The van der Waals surface area contributed by atoms with Gasteiger partial charge in [-0.25, -0.2) is 4.79 Å². The van der Waals surface area contributed by atoms with E-state index in [2.05, 4.69) is 4.98 Å². The highest BCUT2D eigenvalue weighted by molar-refractivity contribution is 5.76. The number of nitrogens with zero attached hydrogens (tertiary/aromatic N) is 2. The van der Waals surface area contributed by atoms with Gasteiger partial charge in [-0.1, -0.05) is 0 Å². The zero-order valence-corrected chi connectivity index (χ0v) is 12.9. The molecule has 0 aliphatic rings. The van der Waals surface area contributed by atoms with Gasteiger partial charge in [0.2, 0.25) is 0 Å². The lowest BCUT2D eigenvalue weighted by Crippen LogP contribution is -2.38. The van der Waals surface area contributed by atoms with Crippen LogP contribution < -0.4 is 5.69 Å². The van der Waals surface area contributed by atoms with Crippen LogP contribution in [0.25, 0.3) is 0 Å². The van der Waals surface area contributed by atoms with Gasteiger partial charge >= 0.3 is 11.7 Å². The maximum absolute atomic E-state index is 12.0. The standard InChI is InChI=1S/C14H22N2O4/c1-8(12(17)18)11-9(2)15-13(19)16(10(11)3)7-14(4,5)20-6/h8H,7H2,1-6H3,(H,17,18). The smallest absolute Gasteiger partial charge is 0.348 e. The molecule has 0 radical (unpaired) electrons. The molecule has 0 spiro atoms. The van der Waals surface area contributed by atoms with E-state index in [1.165, 1.54) is 4.57 Å². The van der Waals surface area contributed by atoms with Gasteiger partial charge in [0.1, 0.15) is 0 Å². The second kappa shape index (κ2) is 5.75. The number of aromatic nitrogens is 2. The molecule has 1 aromatic heterocycles. The van der Waals surface area contributed by atoms with Crippen molar-refractivity contribution >= 4 is 5.97 Å². The Bertz CT molecular complexity index is 575. The first-order valence-electron chi connectivity index (χ1n) is 6.46. The van der Waals surface area contributed by atoms with Crippen molar-refractivity contribution in [3.05, 3.63) is 27.4 Å². The van der Waals surface area contributed by atoms with Gasteiger partial charge in [0.25, 0.3) is 0 Å². The Labute approximate surface area is 118 Å². The number of aliphatic carboxylic acids is 1. The number of hydrogen-bond donors (Lipinski definition) is 1. The Hall–Kier alpha value is -1.69. The molecule has 6 heteroatoms. The van der Waals surface area contributed by atoms with E-state index in [4.69, 9.17) is 4.74 Å². The van der Waals surface area contributed by atoms with Crippen molar-refractivity contribution in [2.24, 2.45) is 0 Å². The van der Waals surface area contributed by atoms with E-state index in [9.17, 15) is 14.7 Å². The molecule has 112 valence electrons. The second-order valence-corrected chi connectivity index (χ2v) is 5.59. The number of hydrogen-bond acceptors (Lipinski definition) is 4. The van der Waals surface area contributed by atoms with E-state index in [-0.39, 0.29) is 5.69 Å². The number of carboxylic acids is 1. The molecule has 0 saturated carbocycles. The maximum Gasteiger partial charge on any atom is 0.348 e. The Balaban J connectivity index is 3.44. The van der Waals surface area contributed by atoms with Gasteiger partial charge < -0.3 is 9.84 Å². The molecule has 0 bridgehead atoms. The van der Waals surface area contributed by atoms with E-state index >= 15 is 0 Å². The molecule has 0 aromatic carbocycles. The molecule has 1 heterocycles. The zero-order valence-electron chi connectivity index (χ0n) is 12.9. The summed E-state index contributed by atoms with van der Waals surface area (Å²) < 4.78 is 6.80. The summed E-state index contributed by atoms with van der Waals surface area (Å²) in [7, 11) is 1.57. The zero-order chi connectivity index (χ0) is 15.7. The van der Waals surface area contributed by atoms with Crippen LogP contribution in [0, 0.1) is 13.8 Å². The average molecular weight is 282 g/mol. The molecule has 0 saturated heterocycles. The van der Waals surface area contributed by atoms with Crippen LogP contribution >= 0.6 is 0 Å². The number of carbonyl (C=O) groups is 1. The highest BCUT2D eigenvalue weighted by atomic mass is 16.5. The topological polar surface area (TPSA) is 81.4 Å². The summed E-state index contributed by atoms with van der Waals surface area (Å²) in [5.74, 6) is -1.64. The monoisotopic (exact) mass is 282 g/mol. The van der Waals surface area contributed by atoms with E-state index in [1.807, 2.05) is 13.8 Å². The number of carboxylic acid groups (broad SMARTS) is 1. The van der Waals surface area contributed by atoms with Crippen molar-refractivity contribution in [3.63, 3.8) is 0 Å². The second-order valence-electron chi connectivity index (χ2n) is 5.59. The number of ether oxygens (including phenoxy) is 1. The minimum atomic E-state index is -0.936. The quantitative estimate of drug-likeness (QED) is 0.884. The molecule has 0 fully saturated rings. The Morgan fingerprint density at radius 3 is 2.45 bits per heavy atom. The molecular formula is C14H22N2O4. The van der Waals surface area contributed by atoms with Crippen LogP contribution in [-0.4, -0.2) is 33.3 Å². The molecule has 20 heavy (non-hydrogen) atoms. The molecule has 0 amide bonds. The fourth-order valence-electron chi connectivity index (χ4n) is 2.20. The Morgan fingerprint density at radius 2 is 2.00 bits per heavy atom. The summed E-state index contributed by atoms with van der Waals surface area (Å²) >= 11 is 0. The van der Waals surface area contributed by atoms with Gasteiger partial charge in [-0.05, 0) is 34.6 Å². The molecule has 1 rings (SSSR count). The third kappa shape index (κ3) is 3.25. The maximum atomic E-state index is 12.0. The highest BCUT2D eigenvalue weighted by Gasteiger charge is 2.25. The number of rotatable bonds is 5. The van der Waals surface area contributed by atoms with E-state index in [0.717, 1.165) is 0 Å². The van der Waals surface area contributed by atoms with Crippen LogP contribution in [0.1, 0.15) is 43.6 Å². The molecule has 1 unspecified atom stereocenters. The van der Waals surface area contributed by atoms with Crippen LogP contribution in [0.4, 0.5) is 0 Å². The van der Waals surface area contributed by atoms with Gasteiger partial charge in [-0.15, -0.1) is 0 Å². The largest absolute Gasteiger partial charge is 0.481 e. The number of methoxy groups -OCH3 is 1. The molecule has 1 aromatic rings. The van der Waals surface area contributed by atoms with Gasteiger partial charge in [0, 0.05) is 24.1 Å². The minimum Gasteiger partial charge on any atom is -0.481 e. The SMILES string of the molecule is COC(C)(C)Cn1c(C)c(C(C)C(=O)O)c(C)nc1=O. The first-order valence-corrected chi connectivity index (χ1v) is 6.46. The van der Waals surface area contributed by atoms with E-state index < -0.39 is 17.5 Å². The first-order chi connectivity index (χ1) is 9.10. The normalized spacial score (nSPS) is 13.3. The Morgan fingerprint density at radius 1 is 1.45 bits per heavy atom. The fourth-order valence-corrected chi connectivity index (χ4v) is 2.20. The van der Waals surface area contributed by atoms with Crippen LogP contribution in [0.15, 0.2) is 4.79 Å². The van der Waals surface area contributed by atoms with E-state index in [0.29, 0.717) is 23.5 Å². The van der Waals surface area contributed by atoms with Crippen LogP contribution in [0.5, 0.6) is 0 Å². The fraction of sp³-hybridized carbons (Fsp3) is 0.643. The predicted octanol–water partition coefficient (Wildman–Crippen LogP) is 1.47. The summed E-state index contributed by atoms with van der Waals surface area (Å²) in [5, 5.41) is 9.18. The van der Waals surface area contributed by atoms with Crippen LogP contribution in [0.3, 0.4) is 0 Å². The van der Waals surface area contributed by atoms with Crippen molar-refractivity contribution in [1.29, 1.82) is 0 Å². The molecular weight excluding hydrogens is 260 g/mol. The Kier molecular flexibility index (Phi) is 4.70. The van der Waals surface area contributed by atoms with E-state index in [1.54, 1.807) is 27.9 Å². The third-order valence-electron chi connectivity index (χ3n) is 3.57. The van der Waals surface area contributed by atoms with Crippen molar-refractivity contribution in [2.45, 2.75) is 52.7 Å². The highest BCUT2D eigenvalue weighted by Crippen LogP contribution is 2.22. The van der Waals surface area contributed by atoms with Crippen molar-refractivity contribution < 1.29 is 14.6 Å². The summed E-state index contributed by atoms with van der Waals surface area (Å²) in [4.78, 5) is 27.2. The molecule has 1 atom stereocenters. The summed E-state index contributed by atoms with van der Waals surface area (Å²) in [6.07, 6.45) is 0. The molecule has 0 aliphatic heterocycles. The van der Waals surface area contributed by atoms with Gasteiger partial charge in [0.15, 0.2) is 0 Å². The van der Waals surface area contributed by atoms with Gasteiger partial charge in [-0.3, -0.25) is 9.36 Å². The predicted molar refractivity (Wildman–Crippen MR) is 75.1 cm³/mol. The van der Waals surface area contributed by atoms with Gasteiger partial charge in [0.05, 0.1) is 18.1 Å². The van der Waals surface area contributed by atoms with Gasteiger partial charge in [-0.2, -0.15) is 4.98 Å². The molecule has 0 aliphatic carbocycles. The van der Waals surface area contributed by atoms with Crippen molar-refractivity contribution in [2.75, 3.05) is 7.11 Å². The van der Waals surface area contributed by atoms with Crippen molar-refractivity contribution in [3.8, 4) is 0 Å². The summed E-state index contributed by atoms with van der Waals surface area (Å²) in [5.41, 5.74) is 0.766. The summed E-state index contributed by atoms with van der Waals surface area (Å²) in [6.45, 7) is 9.04. The van der Waals surface area contributed by atoms with Crippen molar-refractivity contribution in [1.82, 2.24) is 9.55 Å². The third-order valence-corrected chi connectivity index (χ3v) is 3.57. The number of aryl methyl sites for hydroxylation is 1. The average Bonchev–Trinajstić information content (AvgIpc) is 2.34. The lowest BCUT2D eigenvalue weighted by molar-refractivity contribution is -0.138. The first kappa shape index (κ1) is 16.4. The van der Waals surface area contributed by atoms with Crippen LogP contribution in [-0.2, 0) is 16.1 Å². The summed E-state index contributed by atoms with van der Waals surface area (Å²) in [6, 6.07) is 0. The molecule has 6 nitrogen and oxygen atoms in total. The molecule has 1 N–H and O–H groups in total. The van der Waals surface area contributed by atoms with Crippen LogP contribution in [0.2, 0.25) is 0 Å². The minimum absolute atomic E-state index is 0.320. The lowest BCUT2D eigenvalue weighted by atomic mass is 9.97.